The SMILES string of the molecule is CCc1ccc(NC(=O)C(C)S(=O)(=O)CCN)cc1. The maximum atomic E-state index is 11.9. The molecule has 0 fully saturated rings. The molecule has 1 aromatic rings. The molecule has 6 heteroatoms. The van der Waals surface area contributed by atoms with Crippen molar-refractivity contribution in [3.05, 3.63) is 29.8 Å². The predicted molar refractivity (Wildman–Crippen MR) is 76.8 cm³/mol. The van der Waals surface area contributed by atoms with Crippen LogP contribution in [0.1, 0.15) is 19.4 Å². The van der Waals surface area contributed by atoms with Gasteiger partial charge in [-0.15, -0.1) is 0 Å². The normalized spacial score (nSPS) is 13.0. The van der Waals surface area contributed by atoms with E-state index < -0.39 is 21.0 Å². The number of carbonyl (C=O) groups excluding carboxylic acids is 1. The van der Waals surface area contributed by atoms with E-state index in [1.807, 2.05) is 19.1 Å². The maximum Gasteiger partial charge on any atom is 0.242 e. The highest BCUT2D eigenvalue weighted by molar-refractivity contribution is 7.92. The molecule has 1 atom stereocenters. The molecule has 0 aliphatic carbocycles. The lowest BCUT2D eigenvalue weighted by Crippen LogP contribution is -2.35. The van der Waals surface area contributed by atoms with E-state index in [0.29, 0.717) is 5.69 Å². The van der Waals surface area contributed by atoms with E-state index in [1.54, 1.807) is 12.1 Å². The third kappa shape index (κ3) is 4.33. The second-order valence-corrected chi connectivity index (χ2v) is 6.78. The molecule has 0 aromatic heterocycles. The van der Waals surface area contributed by atoms with Crippen LogP contribution in [0.2, 0.25) is 0 Å². The van der Waals surface area contributed by atoms with Crippen molar-refractivity contribution in [3.8, 4) is 0 Å². The Kier molecular flexibility index (Phi) is 5.50. The summed E-state index contributed by atoms with van der Waals surface area (Å²) in [4.78, 5) is 11.9. The van der Waals surface area contributed by atoms with Crippen LogP contribution in [-0.2, 0) is 21.1 Å². The Morgan fingerprint density at radius 3 is 2.37 bits per heavy atom. The van der Waals surface area contributed by atoms with Crippen LogP contribution in [0.4, 0.5) is 5.69 Å². The molecular formula is C13H20N2O3S. The van der Waals surface area contributed by atoms with Gasteiger partial charge in [-0.25, -0.2) is 8.42 Å². The number of anilines is 1. The maximum absolute atomic E-state index is 11.9. The first kappa shape index (κ1) is 15.7. The van der Waals surface area contributed by atoms with Crippen LogP contribution in [0.3, 0.4) is 0 Å². The van der Waals surface area contributed by atoms with Gasteiger partial charge in [0.2, 0.25) is 5.91 Å². The summed E-state index contributed by atoms with van der Waals surface area (Å²) < 4.78 is 23.4. The number of rotatable bonds is 6. The van der Waals surface area contributed by atoms with E-state index in [2.05, 4.69) is 5.32 Å². The quantitative estimate of drug-likeness (QED) is 0.814. The molecule has 19 heavy (non-hydrogen) atoms. The molecule has 0 radical (unpaired) electrons. The summed E-state index contributed by atoms with van der Waals surface area (Å²) in [6.07, 6.45) is 0.912. The number of amides is 1. The molecule has 0 heterocycles. The van der Waals surface area contributed by atoms with E-state index >= 15 is 0 Å². The minimum absolute atomic E-state index is 0.0190. The molecule has 5 nitrogen and oxygen atoms in total. The number of nitrogens with two attached hydrogens (primary N) is 1. The van der Waals surface area contributed by atoms with Gasteiger partial charge in [0.05, 0.1) is 5.75 Å². The molecule has 0 saturated carbocycles. The summed E-state index contributed by atoms with van der Waals surface area (Å²) in [7, 11) is -3.48. The summed E-state index contributed by atoms with van der Waals surface area (Å²) in [6, 6.07) is 7.32. The van der Waals surface area contributed by atoms with Crippen molar-refractivity contribution in [2.24, 2.45) is 5.73 Å². The average Bonchev–Trinajstić information content (AvgIpc) is 2.38. The zero-order chi connectivity index (χ0) is 14.5. The lowest BCUT2D eigenvalue weighted by atomic mass is 10.1. The van der Waals surface area contributed by atoms with Gasteiger partial charge in [-0.3, -0.25) is 4.79 Å². The fourth-order valence-electron chi connectivity index (χ4n) is 1.57. The first-order chi connectivity index (χ1) is 8.90. The van der Waals surface area contributed by atoms with Gasteiger partial charge >= 0.3 is 0 Å². The Morgan fingerprint density at radius 1 is 1.32 bits per heavy atom. The van der Waals surface area contributed by atoms with Gasteiger partial charge in [0, 0.05) is 12.2 Å². The molecule has 0 spiro atoms. The van der Waals surface area contributed by atoms with Gasteiger partial charge in [-0.2, -0.15) is 0 Å². The number of aryl methyl sites for hydroxylation is 1. The molecule has 0 aliphatic heterocycles. The average molecular weight is 284 g/mol. The fraction of sp³-hybridized carbons (Fsp3) is 0.462. The van der Waals surface area contributed by atoms with Gasteiger partial charge < -0.3 is 11.1 Å². The Labute approximate surface area is 114 Å². The van der Waals surface area contributed by atoms with E-state index in [9.17, 15) is 13.2 Å². The van der Waals surface area contributed by atoms with Crippen LogP contribution in [0.5, 0.6) is 0 Å². The van der Waals surface area contributed by atoms with Gasteiger partial charge in [-0.1, -0.05) is 19.1 Å². The second-order valence-electron chi connectivity index (χ2n) is 4.34. The van der Waals surface area contributed by atoms with Crippen molar-refractivity contribution in [1.82, 2.24) is 0 Å². The van der Waals surface area contributed by atoms with E-state index in [0.717, 1.165) is 12.0 Å². The lowest BCUT2D eigenvalue weighted by Gasteiger charge is -2.13. The molecule has 0 aliphatic rings. The third-order valence-electron chi connectivity index (χ3n) is 2.94. The van der Waals surface area contributed by atoms with Crippen LogP contribution < -0.4 is 11.1 Å². The van der Waals surface area contributed by atoms with Crippen LogP contribution in [0.15, 0.2) is 24.3 Å². The van der Waals surface area contributed by atoms with E-state index in [1.165, 1.54) is 6.92 Å². The van der Waals surface area contributed by atoms with Gasteiger partial charge in [-0.05, 0) is 31.0 Å². The highest BCUT2D eigenvalue weighted by atomic mass is 32.2. The summed E-state index contributed by atoms with van der Waals surface area (Å²) in [5.74, 6) is -0.714. The number of hydrogen-bond donors (Lipinski definition) is 2. The van der Waals surface area contributed by atoms with Gasteiger partial charge in [0.1, 0.15) is 5.25 Å². The predicted octanol–water partition coefficient (Wildman–Crippen LogP) is 0.949. The van der Waals surface area contributed by atoms with Crippen LogP contribution >= 0.6 is 0 Å². The van der Waals surface area contributed by atoms with Crippen molar-refractivity contribution in [2.75, 3.05) is 17.6 Å². The summed E-state index contributed by atoms with van der Waals surface area (Å²) >= 11 is 0. The van der Waals surface area contributed by atoms with Crippen LogP contribution in [-0.4, -0.2) is 31.9 Å². The molecule has 106 valence electrons. The number of sulfone groups is 1. The molecule has 3 N–H and O–H groups in total. The monoisotopic (exact) mass is 284 g/mol. The van der Waals surface area contributed by atoms with Gasteiger partial charge in [0.25, 0.3) is 0 Å². The Morgan fingerprint density at radius 2 is 1.89 bits per heavy atom. The number of benzene rings is 1. The van der Waals surface area contributed by atoms with Crippen LogP contribution in [0.25, 0.3) is 0 Å². The van der Waals surface area contributed by atoms with E-state index in [-0.39, 0.29) is 12.3 Å². The lowest BCUT2D eigenvalue weighted by molar-refractivity contribution is -0.115. The molecule has 1 amide bonds. The highest BCUT2D eigenvalue weighted by Crippen LogP contribution is 2.12. The molecule has 0 bridgehead atoms. The fourth-order valence-corrected chi connectivity index (χ4v) is 2.64. The summed E-state index contributed by atoms with van der Waals surface area (Å²) in [6.45, 7) is 3.43. The zero-order valence-electron chi connectivity index (χ0n) is 11.2. The number of hydrogen-bond acceptors (Lipinski definition) is 4. The minimum Gasteiger partial charge on any atom is -0.329 e. The van der Waals surface area contributed by atoms with Gasteiger partial charge in [0.15, 0.2) is 9.84 Å². The standard InChI is InChI=1S/C13H20N2O3S/c1-3-11-4-6-12(7-5-11)15-13(16)10(2)19(17,18)9-8-14/h4-7,10H,3,8-9,14H2,1-2H3,(H,15,16). The number of nitrogens with one attached hydrogen (secondary N) is 1. The molecule has 0 saturated heterocycles. The van der Waals surface area contributed by atoms with Crippen LogP contribution in [0, 0.1) is 0 Å². The summed E-state index contributed by atoms with van der Waals surface area (Å²) in [5, 5.41) is 1.50. The van der Waals surface area contributed by atoms with Crippen molar-refractivity contribution in [3.63, 3.8) is 0 Å². The van der Waals surface area contributed by atoms with Crippen molar-refractivity contribution >= 4 is 21.4 Å². The largest absolute Gasteiger partial charge is 0.329 e. The zero-order valence-corrected chi connectivity index (χ0v) is 12.0. The Hall–Kier alpha value is -1.40. The molecule has 1 aromatic carbocycles. The van der Waals surface area contributed by atoms with Crippen molar-refractivity contribution in [2.45, 2.75) is 25.5 Å². The summed E-state index contributed by atoms with van der Waals surface area (Å²) in [5.41, 5.74) is 6.98. The highest BCUT2D eigenvalue weighted by Gasteiger charge is 2.27. The smallest absolute Gasteiger partial charge is 0.242 e. The number of carbonyl (C=O) groups is 1. The van der Waals surface area contributed by atoms with Crippen molar-refractivity contribution < 1.29 is 13.2 Å². The molecule has 1 unspecified atom stereocenters. The minimum atomic E-state index is -3.48. The second kappa shape index (κ2) is 6.68. The first-order valence-electron chi connectivity index (χ1n) is 6.22. The Balaban J connectivity index is 2.73. The first-order valence-corrected chi connectivity index (χ1v) is 7.93. The third-order valence-corrected chi connectivity index (χ3v) is 5.04. The molecule has 1 rings (SSSR count). The van der Waals surface area contributed by atoms with Crippen molar-refractivity contribution in [1.29, 1.82) is 0 Å². The molecular weight excluding hydrogens is 264 g/mol. The van der Waals surface area contributed by atoms with E-state index in [4.69, 9.17) is 5.73 Å². The topological polar surface area (TPSA) is 89.3 Å². The Bertz CT molecular complexity index is 523.